The minimum absolute atomic E-state index is 0.117. The molecule has 0 bridgehead atoms. The Balaban J connectivity index is 2.03. The van der Waals surface area contributed by atoms with E-state index < -0.39 is 17.8 Å². The summed E-state index contributed by atoms with van der Waals surface area (Å²) in [7, 11) is 1.24. The van der Waals surface area contributed by atoms with Gasteiger partial charge >= 0.3 is 11.9 Å². The predicted octanol–water partition coefficient (Wildman–Crippen LogP) is 5.79. The van der Waals surface area contributed by atoms with E-state index in [-0.39, 0.29) is 26.9 Å². The number of thiophene rings is 2. The van der Waals surface area contributed by atoms with Crippen LogP contribution in [-0.4, -0.2) is 31.6 Å². The summed E-state index contributed by atoms with van der Waals surface area (Å²) < 4.78 is 10.6. The summed E-state index contributed by atoms with van der Waals surface area (Å²) >= 11 is 14.5. The molecule has 0 radical (unpaired) electrons. The van der Waals surface area contributed by atoms with Crippen LogP contribution >= 0.6 is 45.9 Å². The summed E-state index contributed by atoms with van der Waals surface area (Å²) in [5.74, 6) is -1.75. The SMILES string of the molecule is CCOC(=O)c1c(NC(=O)c2sc3cc(Cl)ccc3c2Cl)sc(C(=O)OC)c1C. The molecule has 29 heavy (non-hydrogen) atoms. The maximum absolute atomic E-state index is 12.9. The number of benzene rings is 1. The fourth-order valence-electron chi connectivity index (χ4n) is 2.68. The molecule has 1 amide bonds. The van der Waals surface area contributed by atoms with Crippen LogP contribution in [0.4, 0.5) is 5.00 Å². The third kappa shape index (κ3) is 4.11. The first-order valence-electron chi connectivity index (χ1n) is 8.36. The van der Waals surface area contributed by atoms with Gasteiger partial charge in [-0.2, -0.15) is 0 Å². The number of hydrogen-bond donors (Lipinski definition) is 1. The van der Waals surface area contributed by atoms with Crippen LogP contribution in [0.25, 0.3) is 10.1 Å². The number of nitrogens with one attached hydrogen (secondary N) is 1. The lowest BCUT2D eigenvalue weighted by Crippen LogP contribution is -2.14. The van der Waals surface area contributed by atoms with Gasteiger partial charge in [0.15, 0.2) is 0 Å². The van der Waals surface area contributed by atoms with Crippen LogP contribution in [0.15, 0.2) is 18.2 Å². The number of methoxy groups -OCH3 is 1. The maximum atomic E-state index is 12.9. The molecule has 0 atom stereocenters. The van der Waals surface area contributed by atoms with Crippen molar-refractivity contribution in [2.75, 3.05) is 19.0 Å². The van der Waals surface area contributed by atoms with E-state index in [1.54, 1.807) is 32.0 Å². The second kappa shape index (κ2) is 8.71. The first kappa shape index (κ1) is 21.6. The third-order valence-corrected chi connectivity index (χ3v) is 7.10. The molecule has 2 heterocycles. The van der Waals surface area contributed by atoms with E-state index >= 15 is 0 Å². The fraction of sp³-hybridized carbons (Fsp3) is 0.211. The third-order valence-electron chi connectivity index (χ3n) is 4.02. The molecule has 0 spiro atoms. The van der Waals surface area contributed by atoms with Gasteiger partial charge in [0.25, 0.3) is 5.91 Å². The minimum Gasteiger partial charge on any atom is -0.465 e. The molecule has 3 rings (SSSR count). The van der Waals surface area contributed by atoms with Gasteiger partial charge in [0.1, 0.15) is 14.8 Å². The molecule has 0 aliphatic heterocycles. The van der Waals surface area contributed by atoms with Crippen LogP contribution in [-0.2, 0) is 9.47 Å². The molecule has 1 aromatic carbocycles. The Morgan fingerprint density at radius 2 is 1.83 bits per heavy atom. The largest absolute Gasteiger partial charge is 0.465 e. The number of amides is 1. The second-order valence-corrected chi connectivity index (χ2v) is 8.70. The van der Waals surface area contributed by atoms with E-state index in [1.165, 1.54) is 18.4 Å². The van der Waals surface area contributed by atoms with Crippen LogP contribution in [0.5, 0.6) is 0 Å². The van der Waals surface area contributed by atoms with Crippen LogP contribution in [0.2, 0.25) is 10.0 Å². The lowest BCUT2D eigenvalue weighted by atomic mass is 10.1. The van der Waals surface area contributed by atoms with Crippen LogP contribution in [0.3, 0.4) is 0 Å². The van der Waals surface area contributed by atoms with E-state index in [0.29, 0.717) is 21.0 Å². The molecule has 0 aliphatic carbocycles. The molecule has 6 nitrogen and oxygen atoms in total. The number of halogens is 2. The highest BCUT2D eigenvalue weighted by atomic mass is 35.5. The smallest absolute Gasteiger partial charge is 0.348 e. The molecule has 2 aromatic heterocycles. The van der Waals surface area contributed by atoms with Crippen molar-refractivity contribution >= 4 is 78.8 Å². The van der Waals surface area contributed by atoms with Crippen LogP contribution < -0.4 is 5.32 Å². The van der Waals surface area contributed by atoms with E-state index in [1.807, 2.05) is 0 Å². The van der Waals surface area contributed by atoms with Gasteiger partial charge in [-0.1, -0.05) is 29.3 Å². The van der Waals surface area contributed by atoms with Gasteiger partial charge in [-0.25, -0.2) is 9.59 Å². The standard InChI is InChI=1S/C19H15Cl2NO5S2/c1-4-27-18(24)12-8(2)14(19(25)26-3)29-17(12)22-16(23)15-13(21)10-6-5-9(20)7-11(10)28-15/h5-7H,4H2,1-3H3,(H,22,23). The number of carbonyl (C=O) groups excluding carboxylic acids is 3. The average molecular weight is 472 g/mol. The first-order valence-corrected chi connectivity index (χ1v) is 10.7. The van der Waals surface area contributed by atoms with Crippen molar-refractivity contribution in [3.8, 4) is 0 Å². The van der Waals surface area contributed by atoms with Gasteiger partial charge in [0.05, 0.1) is 24.3 Å². The highest BCUT2D eigenvalue weighted by Gasteiger charge is 2.28. The van der Waals surface area contributed by atoms with Crippen LogP contribution in [0.1, 0.15) is 42.2 Å². The van der Waals surface area contributed by atoms with E-state index in [0.717, 1.165) is 16.0 Å². The average Bonchev–Trinajstić information content (AvgIpc) is 3.18. The highest BCUT2D eigenvalue weighted by Crippen LogP contribution is 2.39. The minimum atomic E-state index is -0.638. The lowest BCUT2D eigenvalue weighted by molar-refractivity contribution is 0.0527. The number of rotatable bonds is 5. The maximum Gasteiger partial charge on any atom is 0.348 e. The van der Waals surface area contributed by atoms with Crippen LogP contribution in [0, 0.1) is 6.92 Å². The Morgan fingerprint density at radius 1 is 1.10 bits per heavy atom. The number of esters is 2. The van der Waals surface area contributed by atoms with Crippen molar-refractivity contribution in [2.24, 2.45) is 0 Å². The van der Waals surface area contributed by atoms with Crippen molar-refractivity contribution in [3.05, 3.63) is 49.1 Å². The zero-order chi connectivity index (χ0) is 21.3. The molecule has 0 aliphatic rings. The molecule has 152 valence electrons. The second-order valence-electron chi connectivity index (χ2n) is 5.81. The molecular weight excluding hydrogens is 457 g/mol. The molecule has 0 fully saturated rings. The molecule has 0 saturated carbocycles. The summed E-state index contributed by atoms with van der Waals surface area (Å²) in [6.45, 7) is 3.41. The van der Waals surface area contributed by atoms with Gasteiger partial charge in [0, 0.05) is 15.1 Å². The monoisotopic (exact) mass is 471 g/mol. The van der Waals surface area contributed by atoms with Crippen molar-refractivity contribution in [3.63, 3.8) is 0 Å². The number of hydrogen-bond acceptors (Lipinski definition) is 7. The Bertz CT molecular complexity index is 1140. The van der Waals surface area contributed by atoms with Gasteiger partial charge in [-0.05, 0) is 31.5 Å². The molecule has 3 aromatic rings. The molecular formula is C19H15Cl2NO5S2. The topological polar surface area (TPSA) is 81.7 Å². The van der Waals surface area contributed by atoms with Crippen molar-refractivity contribution in [2.45, 2.75) is 13.8 Å². The summed E-state index contributed by atoms with van der Waals surface area (Å²) in [6, 6.07) is 5.15. The summed E-state index contributed by atoms with van der Waals surface area (Å²) in [5.41, 5.74) is 0.496. The Hall–Kier alpha value is -2.13. The van der Waals surface area contributed by atoms with Crippen molar-refractivity contribution < 1.29 is 23.9 Å². The summed E-state index contributed by atoms with van der Waals surface area (Å²) in [6.07, 6.45) is 0. The van der Waals surface area contributed by atoms with Gasteiger partial charge in [-0.15, -0.1) is 22.7 Å². The number of ether oxygens (including phenoxy) is 2. The Kier molecular flexibility index (Phi) is 6.48. The zero-order valence-corrected chi connectivity index (χ0v) is 18.7. The van der Waals surface area contributed by atoms with Crippen molar-refractivity contribution in [1.29, 1.82) is 0 Å². The predicted molar refractivity (Wildman–Crippen MR) is 116 cm³/mol. The van der Waals surface area contributed by atoms with Gasteiger partial charge in [-0.3, -0.25) is 4.79 Å². The summed E-state index contributed by atoms with van der Waals surface area (Å²) in [4.78, 5) is 37.8. The van der Waals surface area contributed by atoms with E-state index in [4.69, 9.17) is 32.7 Å². The number of carbonyl (C=O) groups is 3. The molecule has 1 N–H and O–H groups in total. The number of anilines is 1. The molecule has 0 unspecified atom stereocenters. The quantitative estimate of drug-likeness (QED) is 0.475. The molecule has 10 heteroatoms. The van der Waals surface area contributed by atoms with E-state index in [9.17, 15) is 14.4 Å². The Morgan fingerprint density at radius 3 is 2.48 bits per heavy atom. The zero-order valence-electron chi connectivity index (χ0n) is 15.6. The summed E-state index contributed by atoms with van der Waals surface area (Å²) in [5, 5.41) is 4.40. The Labute approximate surface area is 184 Å². The van der Waals surface area contributed by atoms with Gasteiger partial charge < -0.3 is 14.8 Å². The lowest BCUT2D eigenvalue weighted by Gasteiger charge is -2.06. The van der Waals surface area contributed by atoms with Crippen molar-refractivity contribution in [1.82, 2.24) is 0 Å². The first-order chi connectivity index (χ1) is 13.8. The van der Waals surface area contributed by atoms with E-state index in [2.05, 4.69) is 5.32 Å². The normalized spacial score (nSPS) is 10.8. The highest BCUT2D eigenvalue weighted by molar-refractivity contribution is 7.22. The fourth-order valence-corrected chi connectivity index (χ4v) is 5.48. The van der Waals surface area contributed by atoms with Gasteiger partial charge in [0.2, 0.25) is 0 Å². The number of fused-ring (bicyclic) bond motifs is 1. The molecule has 0 saturated heterocycles.